The highest BCUT2D eigenvalue weighted by Crippen LogP contribution is 2.13. The van der Waals surface area contributed by atoms with E-state index in [1.54, 1.807) is 0 Å². The summed E-state index contributed by atoms with van der Waals surface area (Å²) < 4.78 is 7.02. The van der Waals surface area contributed by atoms with Crippen LogP contribution in [0.4, 0.5) is 0 Å². The first-order valence-electron chi connectivity index (χ1n) is 11.3. The summed E-state index contributed by atoms with van der Waals surface area (Å²) in [6.45, 7) is 8.20. The standard InChI is InChI=1S/C24H29N5O4/c1-3-7-29-21-20(23(31)27-24(29)32)11-19(13-25-21)22(30)26-12-17-5-4-6-18(10-17)15-28-8-9-33-16(2)14-28/h4-6,10-11,13,16H,3,7-9,12,14-15H2,1-2H3,(H,26,30)(H,27,31,32). The number of nitrogens with one attached hydrogen (secondary N) is 2. The highest BCUT2D eigenvalue weighted by atomic mass is 16.5. The minimum absolute atomic E-state index is 0.220. The van der Waals surface area contributed by atoms with Crippen LogP contribution in [-0.2, 0) is 24.4 Å². The number of ether oxygens (including phenoxy) is 1. The molecule has 3 heterocycles. The molecule has 0 saturated carbocycles. The van der Waals surface area contributed by atoms with Crippen molar-refractivity contribution in [3.8, 4) is 0 Å². The van der Waals surface area contributed by atoms with E-state index in [1.807, 2.05) is 19.1 Å². The average Bonchev–Trinajstić information content (AvgIpc) is 2.80. The molecule has 0 bridgehead atoms. The Hall–Kier alpha value is -3.30. The van der Waals surface area contributed by atoms with E-state index in [-0.39, 0.29) is 28.6 Å². The Labute approximate surface area is 191 Å². The molecule has 1 aromatic carbocycles. The number of H-pyrrole nitrogens is 1. The van der Waals surface area contributed by atoms with Crippen molar-refractivity contribution in [2.45, 2.75) is 46.0 Å². The van der Waals surface area contributed by atoms with E-state index >= 15 is 0 Å². The molecule has 2 N–H and O–H groups in total. The van der Waals surface area contributed by atoms with Crippen LogP contribution >= 0.6 is 0 Å². The lowest BCUT2D eigenvalue weighted by atomic mass is 10.1. The van der Waals surface area contributed by atoms with Crippen LogP contribution in [0.3, 0.4) is 0 Å². The fourth-order valence-electron chi connectivity index (χ4n) is 4.14. The van der Waals surface area contributed by atoms with Crippen molar-refractivity contribution < 1.29 is 9.53 Å². The second-order valence-corrected chi connectivity index (χ2v) is 8.43. The molecular formula is C24H29N5O4. The fraction of sp³-hybridized carbons (Fsp3) is 0.417. The number of aromatic nitrogens is 3. The molecule has 174 valence electrons. The summed E-state index contributed by atoms with van der Waals surface area (Å²) in [6.07, 6.45) is 2.36. The third kappa shape index (κ3) is 5.37. The molecule has 9 heteroatoms. The molecule has 0 aliphatic carbocycles. The molecule has 1 saturated heterocycles. The topological polar surface area (TPSA) is 109 Å². The third-order valence-electron chi connectivity index (χ3n) is 5.72. The lowest BCUT2D eigenvalue weighted by molar-refractivity contribution is -0.0212. The number of hydrogen-bond donors (Lipinski definition) is 2. The van der Waals surface area contributed by atoms with Crippen molar-refractivity contribution in [2.75, 3.05) is 19.7 Å². The summed E-state index contributed by atoms with van der Waals surface area (Å²) in [7, 11) is 0. The number of amides is 1. The molecule has 0 spiro atoms. The Morgan fingerprint density at radius 2 is 2.09 bits per heavy atom. The summed E-state index contributed by atoms with van der Waals surface area (Å²) in [5.41, 5.74) is 1.69. The van der Waals surface area contributed by atoms with Crippen molar-refractivity contribution in [2.24, 2.45) is 0 Å². The number of pyridine rings is 1. The van der Waals surface area contributed by atoms with Crippen LogP contribution in [0.1, 0.15) is 41.8 Å². The number of aromatic amines is 1. The van der Waals surface area contributed by atoms with E-state index in [9.17, 15) is 14.4 Å². The van der Waals surface area contributed by atoms with Gasteiger partial charge in [0.1, 0.15) is 5.65 Å². The first-order valence-corrected chi connectivity index (χ1v) is 11.3. The molecule has 1 atom stereocenters. The largest absolute Gasteiger partial charge is 0.376 e. The molecule has 9 nitrogen and oxygen atoms in total. The predicted molar refractivity (Wildman–Crippen MR) is 125 cm³/mol. The van der Waals surface area contributed by atoms with Gasteiger partial charge in [0.05, 0.1) is 23.7 Å². The van der Waals surface area contributed by atoms with E-state index in [0.29, 0.717) is 19.5 Å². The molecule has 1 fully saturated rings. The van der Waals surface area contributed by atoms with Gasteiger partial charge in [-0.15, -0.1) is 0 Å². The van der Waals surface area contributed by atoms with E-state index in [0.717, 1.165) is 31.8 Å². The zero-order valence-corrected chi connectivity index (χ0v) is 19.0. The maximum absolute atomic E-state index is 12.7. The van der Waals surface area contributed by atoms with Gasteiger partial charge in [-0.1, -0.05) is 31.2 Å². The zero-order valence-electron chi connectivity index (χ0n) is 19.0. The Morgan fingerprint density at radius 3 is 2.88 bits per heavy atom. The lowest BCUT2D eigenvalue weighted by Crippen LogP contribution is -2.40. The van der Waals surface area contributed by atoms with Gasteiger partial charge in [0.25, 0.3) is 11.5 Å². The average molecular weight is 452 g/mol. The molecule has 1 aliphatic rings. The summed E-state index contributed by atoms with van der Waals surface area (Å²) in [6, 6.07) is 9.62. The number of carbonyl (C=O) groups is 1. The summed E-state index contributed by atoms with van der Waals surface area (Å²) >= 11 is 0. The third-order valence-corrected chi connectivity index (χ3v) is 5.72. The Bertz CT molecular complexity index is 1270. The molecule has 33 heavy (non-hydrogen) atoms. The van der Waals surface area contributed by atoms with Gasteiger partial charge in [-0.05, 0) is 30.5 Å². The van der Waals surface area contributed by atoms with Crippen LogP contribution in [0.5, 0.6) is 0 Å². The van der Waals surface area contributed by atoms with Crippen LogP contribution in [0.15, 0.2) is 46.1 Å². The molecule has 3 aromatic rings. The molecule has 1 unspecified atom stereocenters. The fourth-order valence-corrected chi connectivity index (χ4v) is 4.14. The van der Waals surface area contributed by atoms with Crippen LogP contribution < -0.4 is 16.6 Å². The Kier molecular flexibility index (Phi) is 7.00. The summed E-state index contributed by atoms with van der Waals surface area (Å²) in [4.78, 5) is 46.0. The summed E-state index contributed by atoms with van der Waals surface area (Å²) in [5, 5.41) is 3.12. The first-order chi connectivity index (χ1) is 15.9. The number of nitrogens with zero attached hydrogens (tertiary/aromatic N) is 3. The molecule has 1 aliphatic heterocycles. The normalized spacial score (nSPS) is 16.7. The Morgan fingerprint density at radius 1 is 1.27 bits per heavy atom. The second kappa shape index (κ2) is 10.1. The van der Waals surface area contributed by atoms with Gasteiger partial charge in [0, 0.05) is 38.9 Å². The highest BCUT2D eigenvalue weighted by Gasteiger charge is 2.17. The van der Waals surface area contributed by atoms with Crippen molar-refractivity contribution >= 4 is 16.9 Å². The zero-order chi connectivity index (χ0) is 23.4. The number of rotatable bonds is 7. The van der Waals surface area contributed by atoms with Crippen LogP contribution in [0.2, 0.25) is 0 Å². The number of fused-ring (bicyclic) bond motifs is 1. The SMILES string of the molecule is CCCn1c(=O)[nH]c(=O)c2cc(C(=O)NCc3cccc(CN4CCOC(C)C4)c3)cnc21. The van der Waals surface area contributed by atoms with Gasteiger partial charge in [-0.3, -0.25) is 24.0 Å². The molecule has 4 rings (SSSR count). The van der Waals surface area contributed by atoms with E-state index in [2.05, 4.69) is 39.2 Å². The minimum Gasteiger partial charge on any atom is -0.376 e. The van der Waals surface area contributed by atoms with Crippen LogP contribution in [0.25, 0.3) is 11.0 Å². The number of carbonyl (C=O) groups excluding carboxylic acids is 1. The van der Waals surface area contributed by atoms with Gasteiger partial charge >= 0.3 is 5.69 Å². The van der Waals surface area contributed by atoms with E-state index in [4.69, 9.17) is 4.74 Å². The number of hydrogen-bond acceptors (Lipinski definition) is 6. The van der Waals surface area contributed by atoms with Crippen LogP contribution in [-0.4, -0.2) is 51.1 Å². The monoisotopic (exact) mass is 451 g/mol. The second-order valence-electron chi connectivity index (χ2n) is 8.43. The quantitative estimate of drug-likeness (QED) is 0.565. The molecular weight excluding hydrogens is 422 g/mol. The van der Waals surface area contributed by atoms with Gasteiger partial charge < -0.3 is 10.1 Å². The lowest BCUT2D eigenvalue weighted by Gasteiger charge is -2.31. The number of morpholine rings is 1. The first kappa shape index (κ1) is 22.9. The van der Waals surface area contributed by atoms with Crippen molar-refractivity contribution in [3.05, 3.63) is 74.1 Å². The molecule has 2 aromatic heterocycles. The van der Waals surface area contributed by atoms with Crippen LogP contribution in [0, 0.1) is 0 Å². The maximum atomic E-state index is 12.7. The van der Waals surface area contributed by atoms with Gasteiger partial charge in [-0.25, -0.2) is 9.78 Å². The number of aryl methyl sites for hydroxylation is 1. The van der Waals surface area contributed by atoms with Crippen molar-refractivity contribution in [1.82, 2.24) is 24.8 Å². The van der Waals surface area contributed by atoms with Gasteiger partial charge in [0.2, 0.25) is 0 Å². The molecule has 0 radical (unpaired) electrons. The maximum Gasteiger partial charge on any atom is 0.329 e. The van der Waals surface area contributed by atoms with Gasteiger partial charge in [-0.2, -0.15) is 0 Å². The van der Waals surface area contributed by atoms with E-state index < -0.39 is 11.2 Å². The molecule has 1 amide bonds. The predicted octanol–water partition coefficient (Wildman–Crippen LogP) is 1.65. The Balaban J connectivity index is 1.45. The van der Waals surface area contributed by atoms with Crippen molar-refractivity contribution in [3.63, 3.8) is 0 Å². The number of benzene rings is 1. The van der Waals surface area contributed by atoms with Crippen molar-refractivity contribution in [1.29, 1.82) is 0 Å². The smallest absolute Gasteiger partial charge is 0.329 e. The summed E-state index contributed by atoms with van der Waals surface area (Å²) in [5.74, 6) is -0.329. The van der Waals surface area contributed by atoms with Gasteiger partial charge in [0.15, 0.2) is 0 Å². The highest BCUT2D eigenvalue weighted by molar-refractivity contribution is 5.96. The van der Waals surface area contributed by atoms with E-state index in [1.165, 1.54) is 22.4 Å². The minimum atomic E-state index is -0.547.